The molecule has 2 aromatic carbocycles. The maximum atomic E-state index is 13.3. The SMILES string of the molecule is O=C(NCCc1cccc(F)n1)c1cccc(Cn2ccc3cc(-c4cn[nH]c4C(F)(F)F)ccc3c2=O)c1. The third kappa shape index (κ3) is 5.71. The van der Waals surface area contributed by atoms with E-state index in [1.807, 2.05) is 5.10 Å². The number of rotatable bonds is 7. The number of hydrogen-bond acceptors (Lipinski definition) is 4. The largest absolute Gasteiger partial charge is 0.433 e. The zero-order valence-electron chi connectivity index (χ0n) is 20.3. The average molecular weight is 536 g/mol. The predicted octanol–water partition coefficient (Wildman–Crippen LogP) is 4.97. The summed E-state index contributed by atoms with van der Waals surface area (Å²) in [7, 11) is 0. The summed E-state index contributed by atoms with van der Waals surface area (Å²) in [5, 5.41) is 9.12. The summed E-state index contributed by atoms with van der Waals surface area (Å²) in [6.45, 7) is 0.458. The van der Waals surface area contributed by atoms with E-state index in [4.69, 9.17) is 0 Å². The standard InChI is InChI=1S/C28H21F4N5O2/c29-24-6-2-5-21(35-24)9-11-33-26(38)20-4-1-3-17(13-20)16-37-12-10-19-14-18(7-8-22(19)27(37)39)23-15-34-36-25(23)28(30,31)32/h1-8,10,12-15H,9,11,16H2,(H,33,38)(H,34,36). The van der Waals surface area contributed by atoms with Gasteiger partial charge >= 0.3 is 6.18 Å². The van der Waals surface area contributed by atoms with Crippen LogP contribution in [0.15, 0.2) is 83.9 Å². The molecule has 3 heterocycles. The van der Waals surface area contributed by atoms with E-state index in [1.165, 1.54) is 28.8 Å². The van der Waals surface area contributed by atoms with Crippen LogP contribution < -0.4 is 10.9 Å². The number of hydrogen-bond donors (Lipinski definition) is 2. The lowest BCUT2D eigenvalue weighted by Crippen LogP contribution is -2.26. The minimum Gasteiger partial charge on any atom is -0.352 e. The number of pyridine rings is 2. The molecule has 0 bridgehead atoms. The van der Waals surface area contributed by atoms with Crippen molar-refractivity contribution in [1.29, 1.82) is 0 Å². The highest BCUT2D eigenvalue weighted by molar-refractivity contribution is 5.94. The molecule has 5 rings (SSSR count). The Kier molecular flexibility index (Phi) is 6.97. The molecule has 0 spiro atoms. The first-order valence-corrected chi connectivity index (χ1v) is 11.9. The number of nitrogens with zero attached hydrogens (tertiary/aromatic N) is 3. The lowest BCUT2D eigenvalue weighted by atomic mass is 10.0. The molecule has 0 saturated heterocycles. The van der Waals surface area contributed by atoms with Crippen LogP contribution >= 0.6 is 0 Å². The molecule has 0 saturated carbocycles. The number of H-pyrrole nitrogens is 1. The van der Waals surface area contributed by atoms with Crippen LogP contribution in [0.2, 0.25) is 0 Å². The molecule has 39 heavy (non-hydrogen) atoms. The summed E-state index contributed by atoms with van der Waals surface area (Å²) in [6.07, 6.45) is -1.55. The van der Waals surface area contributed by atoms with Crippen LogP contribution in [0, 0.1) is 5.95 Å². The van der Waals surface area contributed by atoms with Gasteiger partial charge in [-0.3, -0.25) is 14.7 Å². The van der Waals surface area contributed by atoms with Crippen molar-refractivity contribution in [3.63, 3.8) is 0 Å². The number of aromatic nitrogens is 4. The van der Waals surface area contributed by atoms with Gasteiger partial charge in [0.25, 0.3) is 11.5 Å². The third-order valence-corrected chi connectivity index (χ3v) is 6.19. The van der Waals surface area contributed by atoms with Gasteiger partial charge in [-0.15, -0.1) is 0 Å². The molecule has 1 amide bonds. The molecule has 3 aromatic heterocycles. The van der Waals surface area contributed by atoms with Crippen molar-refractivity contribution < 1.29 is 22.4 Å². The van der Waals surface area contributed by atoms with E-state index >= 15 is 0 Å². The van der Waals surface area contributed by atoms with Crippen molar-refractivity contribution >= 4 is 16.7 Å². The number of nitrogens with one attached hydrogen (secondary N) is 2. The summed E-state index contributed by atoms with van der Waals surface area (Å²) < 4.78 is 54.5. The molecule has 2 N–H and O–H groups in total. The van der Waals surface area contributed by atoms with Crippen LogP contribution in [0.4, 0.5) is 17.6 Å². The smallest absolute Gasteiger partial charge is 0.352 e. The van der Waals surface area contributed by atoms with Crippen molar-refractivity contribution in [1.82, 2.24) is 25.1 Å². The van der Waals surface area contributed by atoms with Crippen LogP contribution in [0.5, 0.6) is 0 Å². The fourth-order valence-corrected chi connectivity index (χ4v) is 4.30. The second-order valence-electron chi connectivity index (χ2n) is 8.87. The number of halogens is 4. The average Bonchev–Trinajstić information content (AvgIpc) is 3.41. The Hall–Kier alpha value is -4.80. The molecular formula is C28H21F4N5O2. The number of carbonyl (C=O) groups excluding carboxylic acids is 1. The minimum absolute atomic E-state index is 0.101. The van der Waals surface area contributed by atoms with Gasteiger partial charge in [0.05, 0.1) is 12.7 Å². The van der Waals surface area contributed by atoms with E-state index in [-0.39, 0.29) is 35.7 Å². The van der Waals surface area contributed by atoms with Gasteiger partial charge in [-0.2, -0.15) is 22.7 Å². The molecule has 5 aromatic rings. The van der Waals surface area contributed by atoms with E-state index in [0.717, 1.165) is 6.20 Å². The number of benzene rings is 2. The van der Waals surface area contributed by atoms with Gasteiger partial charge in [0, 0.05) is 41.4 Å². The Bertz CT molecular complexity index is 1730. The molecule has 0 aliphatic heterocycles. The fraction of sp³-hybridized carbons (Fsp3) is 0.143. The van der Waals surface area contributed by atoms with E-state index < -0.39 is 17.8 Å². The van der Waals surface area contributed by atoms with Crippen molar-refractivity contribution in [3.8, 4) is 11.1 Å². The molecule has 0 atom stereocenters. The quantitative estimate of drug-likeness (QED) is 0.228. The van der Waals surface area contributed by atoms with E-state index in [9.17, 15) is 27.2 Å². The first-order chi connectivity index (χ1) is 18.7. The van der Waals surface area contributed by atoms with Crippen LogP contribution in [0.3, 0.4) is 0 Å². The molecule has 7 nitrogen and oxygen atoms in total. The number of amides is 1. The first-order valence-electron chi connectivity index (χ1n) is 11.9. The van der Waals surface area contributed by atoms with Gasteiger partial charge in [0.2, 0.25) is 5.95 Å². The molecule has 0 unspecified atom stereocenters. The highest BCUT2D eigenvalue weighted by atomic mass is 19.4. The summed E-state index contributed by atoms with van der Waals surface area (Å²) in [6, 6.07) is 17.4. The number of carbonyl (C=O) groups is 1. The van der Waals surface area contributed by atoms with Crippen molar-refractivity contribution in [2.24, 2.45) is 0 Å². The van der Waals surface area contributed by atoms with Crippen molar-refractivity contribution in [3.05, 3.63) is 118 Å². The zero-order chi connectivity index (χ0) is 27.6. The summed E-state index contributed by atoms with van der Waals surface area (Å²) in [5.74, 6) is -0.895. The lowest BCUT2D eigenvalue weighted by molar-refractivity contribution is -0.140. The normalized spacial score (nSPS) is 11.6. The second-order valence-corrected chi connectivity index (χ2v) is 8.87. The molecule has 0 radical (unpaired) electrons. The maximum Gasteiger partial charge on any atom is 0.433 e. The van der Waals surface area contributed by atoms with Crippen LogP contribution in [-0.2, 0) is 19.1 Å². The fourth-order valence-electron chi connectivity index (χ4n) is 4.30. The van der Waals surface area contributed by atoms with Gasteiger partial charge in [-0.05, 0) is 59.0 Å². The third-order valence-electron chi connectivity index (χ3n) is 6.19. The minimum atomic E-state index is -4.59. The van der Waals surface area contributed by atoms with Gasteiger partial charge in [0.15, 0.2) is 0 Å². The Balaban J connectivity index is 1.31. The van der Waals surface area contributed by atoms with E-state index in [1.54, 1.807) is 48.7 Å². The Morgan fingerprint density at radius 3 is 2.64 bits per heavy atom. The Morgan fingerprint density at radius 1 is 1.03 bits per heavy atom. The predicted molar refractivity (Wildman–Crippen MR) is 137 cm³/mol. The van der Waals surface area contributed by atoms with Crippen molar-refractivity contribution in [2.45, 2.75) is 19.1 Å². The highest BCUT2D eigenvalue weighted by Crippen LogP contribution is 2.36. The van der Waals surface area contributed by atoms with Gasteiger partial charge in [0.1, 0.15) is 5.69 Å². The zero-order valence-corrected chi connectivity index (χ0v) is 20.3. The van der Waals surface area contributed by atoms with Gasteiger partial charge < -0.3 is 9.88 Å². The van der Waals surface area contributed by atoms with E-state index in [0.29, 0.717) is 34.0 Å². The summed E-state index contributed by atoms with van der Waals surface area (Å²) in [4.78, 5) is 29.5. The van der Waals surface area contributed by atoms with Crippen LogP contribution in [-0.4, -0.2) is 32.2 Å². The molecular weight excluding hydrogens is 514 g/mol. The van der Waals surface area contributed by atoms with Crippen LogP contribution in [0.25, 0.3) is 21.9 Å². The number of fused-ring (bicyclic) bond motifs is 1. The summed E-state index contributed by atoms with van der Waals surface area (Å²) >= 11 is 0. The Morgan fingerprint density at radius 2 is 1.85 bits per heavy atom. The molecule has 0 aliphatic rings. The van der Waals surface area contributed by atoms with Gasteiger partial charge in [-0.25, -0.2) is 4.98 Å². The number of alkyl halides is 3. The maximum absolute atomic E-state index is 13.3. The van der Waals surface area contributed by atoms with Crippen LogP contribution in [0.1, 0.15) is 27.3 Å². The molecule has 11 heteroatoms. The topological polar surface area (TPSA) is 92.7 Å². The second kappa shape index (κ2) is 10.5. The Labute approximate surface area is 219 Å². The monoisotopic (exact) mass is 535 g/mol. The summed E-state index contributed by atoms with van der Waals surface area (Å²) in [5.41, 5.74) is 0.546. The van der Waals surface area contributed by atoms with E-state index in [2.05, 4.69) is 15.4 Å². The van der Waals surface area contributed by atoms with Gasteiger partial charge in [-0.1, -0.05) is 24.3 Å². The molecule has 0 aliphatic carbocycles. The lowest BCUT2D eigenvalue weighted by Gasteiger charge is -2.11. The number of aromatic amines is 1. The highest BCUT2D eigenvalue weighted by Gasteiger charge is 2.35. The molecule has 0 fully saturated rings. The van der Waals surface area contributed by atoms with Crippen molar-refractivity contribution in [2.75, 3.05) is 6.54 Å². The first kappa shape index (κ1) is 25.8. The molecule has 198 valence electrons.